The SMILES string of the molecule is CCCCCCC(Br)Cc1ccc(C)cn1. The highest BCUT2D eigenvalue weighted by Gasteiger charge is 2.05. The Labute approximate surface area is 108 Å². The van der Waals surface area contributed by atoms with Crippen LogP contribution in [0.15, 0.2) is 18.3 Å². The number of unbranched alkanes of at least 4 members (excludes halogenated alkanes) is 3. The molecule has 0 N–H and O–H groups in total. The summed E-state index contributed by atoms with van der Waals surface area (Å²) in [6, 6.07) is 4.27. The van der Waals surface area contributed by atoms with Crippen LogP contribution in [-0.2, 0) is 6.42 Å². The maximum Gasteiger partial charge on any atom is 0.0414 e. The molecule has 0 amide bonds. The molecule has 90 valence electrons. The van der Waals surface area contributed by atoms with Gasteiger partial charge in [-0.25, -0.2) is 0 Å². The Kier molecular flexibility index (Phi) is 6.70. The lowest BCUT2D eigenvalue weighted by Crippen LogP contribution is -2.04. The quantitative estimate of drug-likeness (QED) is 0.524. The van der Waals surface area contributed by atoms with E-state index >= 15 is 0 Å². The van der Waals surface area contributed by atoms with Crippen LogP contribution in [0.2, 0.25) is 0 Å². The van der Waals surface area contributed by atoms with Crippen molar-refractivity contribution in [1.29, 1.82) is 0 Å². The minimum Gasteiger partial charge on any atom is -0.261 e. The molecule has 16 heavy (non-hydrogen) atoms. The van der Waals surface area contributed by atoms with Crippen LogP contribution in [0.3, 0.4) is 0 Å². The van der Waals surface area contributed by atoms with Crippen molar-refractivity contribution >= 4 is 15.9 Å². The molecule has 1 nitrogen and oxygen atoms in total. The van der Waals surface area contributed by atoms with Crippen LogP contribution in [-0.4, -0.2) is 9.81 Å². The predicted molar refractivity (Wildman–Crippen MR) is 74.2 cm³/mol. The maximum atomic E-state index is 4.43. The molecule has 1 aromatic rings. The molecule has 0 spiro atoms. The van der Waals surface area contributed by atoms with E-state index in [0.717, 1.165) is 6.42 Å². The highest BCUT2D eigenvalue weighted by atomic mass is 79.9. The molecule has 0 aliphatic heterocycles. The van der Waals surface area contributed by atoms with Gasteiger partial charge in [0.1, 0.15) is 0 Å². The Morgan fingerprint density at radius 2 is 2.06 bits per heavy atom. The van der Waals surface area contributed by atoms with E-state index in [-0.39, 0.29) is 0 Å². The summed E-state index contributed by atoms with van der Waals surface area (Å²) in [6.07, 6.45) is 9.62. The zero-order valence-electron chi connectivity index (χ0n) is 10.4. The predicted octanol–water partition coefficient (Wildman–Crippen LogP) is 4.67. The van der Waals surface area contributed by atoms with E-state index in [1.54, 1.807) is 0 Å². The van der Waals surface area contributed by atoms with Gasteiger partial charge in [-0.2, -0.15) is 0 Å². The molecule has 0 aromatic carbocycles. The van der Waals surface area contributed by atoms with Crippen LogP contribution in [0.5, 0.6) is 0 Å². The first kappa shape index (κ1) is 13.7. The largest absolute Gasteiger partial charge is 0.261 e. The van der Waals surface area contributed by atoms with Gasteiger partial charge in [0.15, 0.2) is 0 Å². The van der Waals surface area contributed by atoms with Crippen molar-refractivity contribution in [2.24, 2.45) is 0 Å². The smallest absolute Gasteiger partial charge is 0.0414 e. The van der Waals surface area contributed by atoms with Gasteiger partial charge in [-0.1, -0.05) is 54.6 Å². The van der Waals surface area contributed by atoms with Gasteiger partial charge in [-0.3, -0.25) is 4.98 Å². The molecule has 0 radical (unpaired) electrons. The molecule has 0 bridgehead atoms. The van der Waals surface area contributed by atoms with Crippen molar-refractivity contribution in [1.82, 2.24) is 4.98 Å². The molecule has 0 aliphatic carbocycles. The van der Waals surface area contributed by atoms with Crippen molar-refractivity contribution in [3.05, 3.63) is 29.6 Å². The summed E-state index contributed by atoms with van der Waals surface area (Å²) in [5, 5.41) is 0. The third-order valence-corrected chi connectivity index (χ3v) is 3.56. The van der Waals surface area contributed by atoms with Gasteiger partial charge in [0.05, 0.1) is 0 Å². The van der Waals surface area contributed by atoms with E-state index in [4.69, 9.17) is 0 Å². The zero-order chi connectivity index (χ0) is 11.8. The maximum absolute atomic E-state index is 4.43. The number of hydrogen-bond donors (Lipinski definition) is 0. The summed E-state index contributed by atoms with van der Waals surface area (Å²) in [5.74, 6) is 0. The van der Waals surface area contributed by atoms with Gasteiger partial charge in [-0.15, -0.1) is 0 Å². The normalized spacial score (nSPS) is 12.7. The van der Waals surface area contributed by atoms with E-state index in [0.29, 0.717) is 4.83 Å². The molecule has 1 heterocycles. The summed E-state index contributed by atoms with van der Waals surface area (Å²) in [7, 11) is 0. The lowest BCUT2D eigenvalue weighted by atomic mass is 10.1. The average molecular weight is 284 g/mol. The first-order valence-corrected chi connectivity index (χ1v) is 7.19. The Morgan fingerprint density at radius 3 is 2.69 bits per heavy atom. The van der Waals surface area contributed by atoms with Crippen LogP contribution in [0, 0.1) is 6.92 Å². The Bertz CT molecular complexity index is 281. The summed E-state index contributed by atoms with van der Waals surface area (Å²) >= 11 is 3.75. The second kappa shape index (κ2) is 7.83. The fourth-order valence-electron chi connectivity index (χ4n) is 1.74. The van der Waals surface area contributed by atoms with Crippen molar-refractivity contribution < 1.29 is 0 Å². The van der Waals surface area contributed by atoms with Gasteiger partial charge < -0.3 is 0 Å². The summed E-state index contributed by atoms with van der Waals surface area (Å²) in [5.41, 5.74) is 2.43. The molecular formula is C14H22BrN. The number of aromatic nitrogens is 1. The summed E-state index contributed by atoms with van der Waals surface area (Å²) < 4.78 is 0. The number of hydrogen-bond acceptors (Lipinski definition) is 1. The van der Waals surface area contributed by atoms with Crippen LogP contribution >= 0.6 is 15.9 Å². The highest BCUT2D eigenvalue weighted by Crippen LogP contribution is 2.16. The van der Waals surface area contributed by atoms with E-state index in [1.165, 1.54) is 43.4 Å². The van der Waals surface area contributed by atoms with Crippen LogP contribution < -0.4 is 0 Å². The van der Waals surface area contributed by atoms with Crippen LogP contribution in [0.25, 0.3) is 0 Å². The number of alkyl halides is 1. The lowest BCUT2D eigenvalue weighted by molar-refractivity contribution is 0.617. The number of rotatable bonds is 7. The van der Waals surface area contributed by atoms with Crippen LogP contribution in [0.1, 0.15) is 50.3 Å². The van der Waals surface area contributed by atoms with E-state index < -0.39 is 0 Å². The topological polar surface area (TPSA) is 12.9 Å². The average Bonchev–Trinajstić information content (AvgIpc) is 2.28. The molecule has 2 heteroatoms. The highest BCUT2D eigenvalue weighted by molar-refractivity contribution is 9.09. The molecule has 1 unspecified atom stereocenters. The van der Waals surface area contributed by atoms with E-state index in [2.05, 4.69) is 46.9 Å². The Balaban J connectivity index is 2.23. The monoisotopic (exact) mass is 283 g/mol. The molecular weight excluding hydrogens is 262 g/mol. The Hall–Kier alpha value is -0.370. The molecule has 0 saturated carbocycles. The fraction of sp³-hybridized carbons (Fsp3) is 0.643. The molecule has 1 atom stereocenters. The second-order valence-corrected chi connectivity index (χ2v) is 5.77. The number of aryl methyl sites for hydroxylation is 1. The second-order valence-electron chi connectivity index (χ2n) is 4.48. The minimum atomic E-state index is 0.583. The van der Waals surface area contributed by atoms with Gasteiger partial charge in [0, 0.05) is 23.1 Å². The summed E-state index contributed by atoms with van der Waals surface area (Å²) in [6.45, 7) is 4.33. The van der Waals surface area contributed by atoms with Crippen molar-refractivity contribution in [2.75, 3.05) is 0 Å². The van der Waals surface area contributed by atoms with Gasteiger partial charge in [0.25, 0.3) is 0 Å². The molecule has 1 rings (SSSR count). The van der Waals surface area contributed by atoms with Gasteiger partial charge >= 0.3 is 0 Å². The molecule has 1 aromatic heterocycles. The fourth-order valence-corrected chi connectivity index (χ4v) is 2.40. The van der Waals surface area contributed by atoms with Gasteiger partial charge in [-0.05, 0) is 25.0 Å². The first-order valence-electron chi connectivity index (χ1n) is 6.28. The Morgan fingerprint density at radius 1 is 1.25 bits per heavy atom. The van der Waals surface area contributed by atoms with E-state index in [1.807, 2.05) is 6.20 Å². The molecule has 0 aliphatic rings. The standard InChI is InChI=1S/C14H22BrN/c1-3-4-5-6-7-13(15)10-14-9-8-12(2)11-16-14/h8-9,11,13H,3-7,10H2,1-2H3. The van der Waals surface area contributed by atoms with Gasteiger partial charge in [0.2, 0.25) is 0 Å². The third-order valence-electron chi connectivity index (χ3n) is 2.77. The van der Waals surface area contributed by atoms with Crippen molar-refractivity contribution in [3.63, 3.8) is 0 Å². The minimum absolute atomic E-state index is 0.583. The summed E-state index contributed by atoms with van der Waals surface area (Å²) in [4.78, 5) is 5.02. The number of halogens is 1. The van der Waals surface area contributed by atoms with E-state index in [9.17, 15) is 0 Å². The number of pyridine rings is 1. The van der Waals surface area contributed by atoms with Crippen molar-refractivity contribution in [2.45, 2.75) is 57.2 Å². The third kappa shape index (κ3) is 5.64. The molecule has 0 fully saturated rings. The van der Waals surface area contributed by atoms with Crippen molar-refractivity contribution in [3.8, 4) is 0 Å². The lowest BCUT2D eigenvalue weighted by Gasteiger charge is -2.09. The molecule has 0 saturated heterocycles. The van der Waals surface area contributed by atoms with Crippen LogP contribution in [0.4, 0.5) is 0 Å². The number of nitrogens with zero attached hydrogens (tertiary/aromatic N) is 1. The first-order chi connectivity index (χ1) is 7.72. The zero-order valence-corrected chi connectivity index (χ0v) is 12.0.